The number of hydrogen-bond donors (Lipinski definition) is 1. The third-order valence-corrected chi connectivity index (χ3v) is 4.03. The average molecular weight is 305 g/mol. The fraction of sp³-hybridized carbons (Fsp3) is 0.933. The van der Waals surface area contributed by atoms with E-state index in [0.29, 0.717) is 6.42 Å². The second kappa shape index (κ2) is 13.6. The van der Waals surface area contributed by atoms with Gasteiger partial charge in [0.2, 0.25) is 0 Å². The molecular weight excluding hydrogens is 274 g/mol. The summed E-state index contributed by atoms with van der Waals surface area (Å²) in [5, 5.41) is 0. The Morgan fingerprint density at radius 1 is 0.900 bits per heavy atom. The molecule has 0 spiro atoms. The summed E-state index contributed by atoms with van der Waals surface area (Å²) in [7, 11) is -3.83. The van der Waals surface area contributed by atoms with Crippen molar-refractivity contribution in [2.75, 3.05) is 12.3 Å². The molecule has 20 heavy (non-hydrogen) atoms. The summed E-state index contributed by atoms with van der Waals surface area (Å²) < 4.78 is 29.4. The van der Waals surface area contributed by atoms with Crippen molar-refractivity contribution in [3.8, 4) is 0 Å². The van der Waals surface area contributed by atoms with Gasteiger partial charge in [-0.05, 0) is 19.1 Å². The molecule has 5 heteroatoms. The van der Waals surface area contributed by atoms with Crippen LogP contribution in [0.5, 0.6) is 0 Å². The predicted octanol–water partition coefficient (Wildman–Crippen LogP) is 4.26. The molecule has 0 aromatic rings. The van der Waals surface area contributed by atoms with E-state index in [0.717, 1.165) is 13.0 Å². The molecule has 0 aromatic heterocycles. The van der Waals surface area contributed by atoms with Crippen molar-refractivity contribution >= 4 is 16.3 Å². The molecule has 0 aliphatic rings. The van der Waals surface area contributed by atoms with Crippen molar-refractivity contribution in [2.24, 2.45) is 4.99 Å². The van der Waals surface area contributed by atoms with Crippen LogP contribution in [0.3, 0.4) is 0 Å². The van der Waals surface area contributed by atoms with Crippen molar-refractivity contribution in [3.63, 3.8) is 0 Å². The minimum absolute atomic E-state index is 0.228. The molecule has 0 radical (unpaired) electrons. The van der Waals surface area contributed by atoms with Crippen LogP contribution in [0.15, 0.2) is 4.99 Å². The van der Waals surface area contributed by atoms with E-state index in [1.807, 2.05) is 0 Å². The molecule has 4 nitrogen and oxygen atoms in total. The van der Waals surface area contributed by atoms with Gasteiger partial charge in [0, 0.05) is 6.54 Å². The summed E-state index contributed by atoms with van der Waals surface area (Å²) >= 11 is 0. The van der Waals surface area contributed by atoms with Crippen molar-refractivity contribution in [2.45, 2.75) is 77.6 Å². The first-order valence-corrected chi connectivity index (χ1v) is 9.60. The fourth-order valence-corrected chi connectivity index (χ4v) is 2.48. The van der Waals surface area contributed by atoms with E-state index in [9.17, 15) is 8.42 Å². The molecule has 0 aromatic carbocycles. The molecule has 0 rings (SSSR count). The third-order valence-electron chi connectivity index (χ3n) is 3.27. The van der Waals surface area contributed by atoms with Crippen molar-refractivity contribution in [3.05, 3.63) is 0 Å². The van der Waals surface area contributed by atoms with Crippen LogP contribution in [0.2, 0.25) is 0 Å². The van der Waals surface area contributed by atoms with Gasteiger partial charge in [-0.15, -0.1) is 0 Å². The van der Waals surface area contributed by atoms with Crippen LogP contribution >= 0.6 is 0 Å². The molecule has 120 valence electrons. The van der Waals surface area contributed by atoms with E-state index in [-0.39, 0.29) is 5.75 Å². The first kappa shape index (κ1) is 19.6. The van der Waals surface area contributed by atoms with E-state index in [1.165, 1.54) is 57.8 Å². The number of unbranched alkanes of at least 4 members (excludes halogenated alkanes) is 9. The SMILES string of the molecule is CCCCCCCCCCCCN=CCCS(=O)(=O)O. The van der Waals surface area contributed by atoms with Crippen LogP contribution in [0, 0.1) is 0 Å². The van der Waals surface area contributed by atoms with Gasteiger partial charge in [-0.2, -0.15) is 8.42 Å². The molecule has 0 saturated heterocycles. The molecule has 1 N–H and O–H groups in total. The Bertz CT molecular complexity index is 326. The van der Waals surface area contributed by atoms with Gasteiger partial charge in [-0.1, -0.05) is 64.7 Å². The molecule has 0 unspecified atom stereocenters. The summed E-state index contributed by atoms with van der Waals surface area (Å²) in [6, 6.07) is 0. The van der Waals surface area contributed by atoms with Gasteiger partial charge >= 0.3 is 0 Å². The number of hydrogen-bond acceptors (Lipinski definition) is 3. The molecule has 0 bridgehead atoms. The number of aliphatic imine (C=N–C) groups is 1. The van der Waals surface area contributed by atoms with Crippen molar-refractivity contribution in [1.29, 1.82) is 0 Å². The Balaban J connectivity index is 3.15. The zero-order chi connectivity index (χ0) is 15.1. The van der Waals surface area contributed by atoms with E-state index in [1.54, 1.807) is 6.21 Å². The van der Waals surface area contributed by atoms with Gasteiger partial charge in [0.25, 0.3) is 10.1 Å². The van der Waals surface area contributed by atoms with Gasteiger partial charge < -0.3 is 0 Å². The molecule has 0 heterocycles. The summed E-state index contributed by atoms with van der Waals surface area (Å²) in [6.45, 7) is 3.01. The number of rotatable bonds is 14. The zero-order valence-electron chi connectivity index (χ0n) is 12.9. The van der Waals surface area contributed by atoms with Crippen molar-refractivity contribution < 1.29 is 13.0 Å². The van der Waals surface area contributed by atoms with Crippen LogP contribution in [0.4, 0.5) is 0 Å². The minimum atomic E-state index is -3.83. The summed E-state index contributed by atoms with van der Waals surface area (Å²) in [5.41, 5.74) is 0. The van der Waals surface area contributed by atoms with Crippen LogP contribution < -0.4 is 0 Å². The van der Waals surface area contributed by atoms with Crippen LogP contribution in [-0.4, -0.2) is 31.5 Å². The minimum Gasteiger partial charge on any atom is -0.298 e. The predicted molar refractivity (Wildman–Crippen MR) is 86.2 cm³/mol. The Morgan fingerprint density at radius 3 is 1.90 bits per heavy atom. The highest BCUT2D eigenvalue weighted by atomic mass is 32.2. The highest BCUT2D eigenvalue weighted by Gasteiger charge is 2.00. The lowest BCUT2D eigenvalue weighted by atomic mass is 10.1. The third kappa shape index (κ3) is 17.6. The highest BCUT2D eigenvalue weighted by molar-refractivity contribution is 7.85. The Labute approximate surface area is 124 Å². The van der Waals surface area contributed by atoms with Gasteiger partial charge in [-0.25, -0.2) is 0 Å². The van der Waals surface area contributed by atoms with Crippen LogP contribution in [0.1, 0.15) is 77.6 Å². The summed E-state index contributed by atoms with van der Waals surface area (Å²) in [4.78, 5) is 4.14. The summed E-state index contributed by atoms with van der Waals surface area (Å²) in [5.74, 6) is -0.228. The normalized spacial score (nSPS) is 12.3. The van der Waals surface area contributed by atoms with E-state index < -0.39 is 10.1 Å². The zero-order valence-corrected chi connectivity index (χ0v) is 13.7. The van der Waals surface area contributed by atoms with Crippen LogP contribution in [0.25, 0.3) is 0 Å². The molecule has 0 atom stereocenters. The Hall–Kier alpha value is -0.420. The first-order valence-electron chi connectivity index (χ1n) is 7.99. The maximum Gasteiger partial charge on any atom is 0.265 e. The lowest BCUT2D eigenvalue weighted by Crippen LogP contribution is -2.03. The molecule has 0 aliphatic heterocycles. The highest BCUT2D eigenvalue weighted by Crippen LogP contribution is 2.10. The second-order valence-corrected chi connectivity index (χ2v) is 6.92. The molecular formula is C15H31NO3S. The maximum atomic E-state index is 10.4. The number of nitrogens with zero attached hydrogens (tertiary/aromatic N) is 1. The van der Waals surface area contributed by atoms with E-state index in [2.05, 4.69) is 11.9 Å². The van der Waals surface area contributed by atoms with E-state index >= 15 is 0 Å². The van der Waals surface area contributed by atoms with Crippen LogP contribution in [-0.2, 0) is 10.1 Å². The monoisotopic (exact) mass is 305 g/mol. The smallest absolute Gasteiger partial charge is 0.265 e. The largest absolute Gasteiger partial charge is 0.298 e. The van der Waals surface area contributed by atoms with Gasteiger partial charge in [0.15, 0.2) is 0 Å². The standard InChI is InChI=1S/C15H31NO3S/c1-2-3-4-5-6-7-8-9-10-11-13-16-14-12-15-20(17,18)19/h14H,2-13,15H2,1H3,(H,17,18,19). The molecule has 0 aliphatic carbocycles. The molecule has 0 saturated carbocycles. The maximum absolute atomic E-state index is 10.4. The Morgan fingerprint density at radius 2 is 1.40 bits per heavy atom. The Kier molecular flexibility index (Phi) is 13.3. The van der Waals surface area contributed by atoms with Crippen molar-refractivity contribution in [1.82, 2.24) is 0 Å². The van der Waals surface area contributed by atoms with Gasteiger partial charge in [0.05, 0.1) is 5.75 Å². The fourth-order valence-electron chi connectivity index (χ4n) is 2.07. The van der Waals surface area contributed by atoms with E-state index in [4.69, 9.17) is 4.55 Å². The average Bonchev–Trinajstić information content (AvgIpc) is 2.38. The lowest BCUT2D eigenvalue weighted by molar-refractivity contribution is 0.483. The van der Waals surface area contributed by atoms with Gasteiger partial charge in [-0.3, -0.25) is 9.55 Å². The topological polar surface area (TPSA) is 66.7 Å². The summed E-state index contributed by atoms with van der Waals surface area (Å²) in [6.07, 6.45) is 14.9. The molecule has 0 fully saturated rings. The quantitative estimate of drug-likeness (QED) is 0.296. The first-order chi connectivity index (χ1) is 9.56. The lowest BCUT2D eigenvalue weighted by Gasteiger charge is -2.01. The van der Waals surface area contributed by atoms with Gasteiger partial charge in [0.1, 0.15) is 0 Å². The molecule has 0 amide bonds. The second-order valence-electron chi connectivity index (χ2n) is 5.35.